The van der Waals surface area contributed by atoms with Crippen LogP contribution in [0.3, 0.4) is 0 Å². The summed E-state index contributed by atoms with van der Waals surface area (Å²) in [5.41, 5.74) is 5.83. The average molecular weight is 433 g/mol. The maximum Gasteiger partial charge on any atom is 0.255 e. The smallest absolute Gasteiger partial charge is 0.255 e. The Morgan fingerprint density at radius 3 is 2.28 bits per heavy atom. The molecule has 0 spiro atoms. The Balaban J connectivity index is 1.78. The minimum absolute atomic E-state index is 0.174. The fraction of sp³-hybridized carbons (Fsp3) is 0.231. The molecule has 0 unspecified atom stereocenters. The Morgan fingerprint density at radius 1 is 0.875 bits per heavy atom. The van der Waals surface area contributed by atoms with Gasteiger partial charge in [0.15, 0.2) is 0 Å². The van der Waals surface area contributed by atoms with Crippen LogP contribution >= 0.6 is 0 Å². The van der Waals surface area contributed by atoms with Gasteiger partial charge in [-0.1, -0.05) is 12.1 Å². The normalized spacial score (nSPS) is 10.4. The summed E-state index contributed by atoms with van der Waals surface area (Å²) in [6.45, 7) is 7.82. The highest BCUT2D eigenvalue weighted by atomic mass is 16.5. The highest BCUT2D eigenvalue weighted by molar-refractivity contribution is 6.05. The summed E-state index contributed by atoms with van der Waals surface area (Å²) in [4.78, 5) is 24.1. The molecule has 166 valence electrons. The van der Waals surface area contributed by atoms with E-state index in [4.69, 9.17) is 9.47 Å². The first-order valence-corrected chi connectivity index (χ1v) is 10.3. The number of nitrogens with one attached hydrogen (secondary N) is 2. The van der Waals surface area contributed by atoms with Crippen LogP contribution in [0.5, 0.6) is 11.5 Å². The highest BCUT2D eigenvalue weighted by Gasteiger charge is 2.13. The molecule has 0 saturated carbocycles. The van der Waals surface area contributed by atoms with Crippen molar-refractivity contribution >= 4 is 23.2 Å². The summed E-state index contributed by atoms with van der Waals surface area (Å²) in [6, 6.07) is 16.4. The standard InChI is InChI=1S/C26H28N2O4/c1-16-11-17(2)18(3)25(12-16)32-15-21-13-20(9-10-24(21)31-5)26(30)28-23-8-6-7-22(14-23)27-19(4)29/h6-14H,15H2,1-5H3,(H,27,29)(H,28,30). The largest absolute Gasteiger partial charge is 0.496 e. The fourth-order valence-electron chi connectivity index (χ4n) is 3.42. The Labute approximate surface area is 188 Å². The number of benzene rings is 3. The molecule has 3 rings (SSSR count). The van der Waals surface area contributed by atoms with Gasteiger partial charge < -0.3 is 20.1 Å². The first kappa shape index (κ1) is 22.9. The van der Waals surface area contributed by atoms with Gasteiger partial charge in [0.1, 0.15) is 18.1 Å². The second kappa shape index (κ2) is 10.0. The topological polar surface area (TPSA) is 76.7 Å². The fourth-order valence-corrected chi connectivity index (χ4v) is 3.42. The maximum absolute atomic E-state index is 12.8. The molecule has 0 bridgehead atoms. The number of hydrogen-bond donors (Lipinski definition) is 2. The monoisotopic (exact) mass is 432 g/mol. The van der Waals surface area contributed by atoms with Gasteiger partial charge in [-0.3, -0.25) is 9.59 Å². The number of rotatable bonds is 7. The SMILES string of the molecule is COc1ccc(C(=O)Nc2cccc(NC(C)=O)c2)cc1COc1cc(C)cc(C)c1C. The summed E-state index contributed by atoms with van der Waals surface area (Å²) >= 11 is 0. The lowest BCUT2D eigenvalue weighted by Gasteiger charge is -2.15. The van der Waals surface area contributed by atoms with Crippen LogP contribution in [-0.2, 0) is 11.4 Å². The molecule has 0 aromatic heterocycles. The minimum Gasteiger partial charge on any atom is -0.496 e. The van der Waals surface area contributed by atoms with E-state index < -0.39 is 0 Å². The van der Waals surface area contributed by atoms with E-state index >= 15 is 0 Å². The number of aryl methyl sites for hydroxylation is 2. The molecule has 0 aliphatic heterocycles. The van der Waals surface area contributed by atoms with E-state index in [0.717, 1.165) is 22.4 Å². The number of carbonyl (C=O) groups is 2. The molecule has 2 amide bonds. The van der Waals surface area contributed by atoms with Crippen molar-refractivity contribution < 1.29 is 19.1 Å². The van der Waals surface area contributed by atoms with Crippen molar-refractivity contribution in [2.45, 2.75) is 34.3 Å². The molecular weight excluding hydrogens is 404 g/mol. The first-order valence-electron chi connectivity index (χ1n) is 10.3. The second-order valence-electron chi connectivity index (χ2n) is 7.74. The molecule has 0 atom stereocenters. The lowest BCUT2D eigenvalue weighted by atomic mass is 10.1. The van der Waals surface area contributed by atoms with Crippen molar-refractivity contribution in [3.05, 3.63) is 82.4 Å². The summed E-state index contributed by atoms with van der Waals surface area (Å²) in [7, 11) is 1.59. The molecule has 0 heterocycles. The summed E-state index contributed by atoms with van der Waals surface area (Å²) in [5, 5.41) is 5.57. The third-order valence-corrected chi connectivity index (χ3v) is 5.13. The van der Waals surface area contributed by atoms with E-state index in [0.29, 0.717) is 22.7 Å². The zero-order valence-corrected chi connectivity index (χ0v) is 19.0. The van der Waals surface area contributed by atoms with Gasteiger partial charge in [0.05, 0.1) is 7.11 Å². The van der Waals surface area contributed by atoms with Crippen LogP contribution < -0.4 is 20.1 Å². The van der Waals surface area contributed by atoms with Gasteiger partial charge in [0.25, 0.3) is 5.91 Å². The molecule has 0 saturated heterocycles. The molecule has 32 heavy (non-hydrogen) atoms. The molecule has 0 aliphatic rings. The van der Waals surface area contributed by atoms with Crippen molar-refractivity contribution in [2.24, 2.45) is 0 Å². The van der Waals surface area contributed by atoms with Gasteiger partial charge in [0.2, 0.25) is 5.91 Å². The molecule has 0 aliphatic carbocycles. The zero-order chi connectivity index (χ0) is 23.3. The van der Waals surface area contributed by atoms with Crippen molar-refractivity contribution in [3.8, 4) is 11.5 Å². The van der Waals surface area contributed by atoms with E-state index in [1.807, 2.05) is 19.9 Å². The molecule has 2 N–H and O–H groups in total. The van der Waals surface area contributed by atoms with Gasteiger partial charge >= 0.3 is 0 Å². The highest BCUT2D eigenvalue weighted by Crippen LogP contribution is 2.27. The van der Waals surface area contributed by atoms with E-state index in [1.165, 1.54) is 12.5 Å². The molecule has 3 aromatic carbocycles. The van der Waals surface area contributed by atoms with Crippen molar-refractivity contribution in [1.29, 1.82) is 0 Å². The molecule has 0 radical (unpaired) electrons. The van der Waals surface area contributed by atoms with Crippen molar-refractivity contribution in [2.75, 3.05) is 17.7 Å². The summed E-state index contributed by atoms with van der Waals surface area (Å²) < 4.78 is 11.5. The van der Waals surface area contributed by atoms with Gasteiger partial charge in [-0.15, -0.1) is 0 Å². The average Bonchev–Trinajstić information content (AvgIpc) is 2.74. The molecular formula is C26H28N2O4. The Hall–Kier alpha value is -3.80. The zero-order valence-electron chi connectivity index (χ0n) is 19.0. The third kappa shape index (κ3) is 5.66. The number of anilines is 2. The lowest BCUT2D eigenvalue weighted by Crippen LogP contribution is -2.13. The Kier molecular flexibility index (Phi) is 7.15. The number of amides is 2. The Bertz CT molecular complexity index is 1150. The predicted molar refractivity (Wildman–Crippen MR) is 127 cm³/mol. The maximum atomic E-state index is 12.8. The van der Waals surface area contributed by atoms with Crippen LogP contribution in [0, 0.1) is 20.8 Å². The van der Waals surface area contributed by atoms with Crippen molar-refractivity contribution in [1.82, 2.24) is 0 Å². The summed E-state index contributed by atoms with van der Waals surface area (Å²) in [5.74, 6) is 1.02. The number of hydrogen-bond acceptors (Lipinski definition) is 4. The third-order valence-electron chi connectivity index (χ3n) is 5.13. The van der Waals surface area contributed by atoms with E-state index in [1.54, 1.807) is 49.6 Å². The van der Waals surface area contributed by atoms with E-state index in [2.05, 4.69) is 23.6 Å². The van der Waals surface area contributed by atoms with Crippen LogP contribution in [-0.4, -0.2) is 18.9 Å². The van der Waals surface area contributed by atoms with Crippen molar-refractivity contribution in [3.63, 3.8) is 0 Å². The molecule has 3 aromatic rings. The molecule has 6 heteroatoms. The second-order valence-corrected chi connectivity index (χ2v) is 7.74. The predicted octanol–water partition coefficient (Wildman–Crippen LogP) is 5.41. The van der Waals surface area contributed by atoms with Crippen LogP contribution in [0.4, 0.5) is 11.4 Å². The quantitative estimate of drug-likeness (QED) is 0.523. The summed E-state index contributed by atoms with van der Waals surface area (Å²) in [6.07, 6.45) is 0. The van der Waals surface area contributed by atoms with Gasteiger partial charge in [-0.25, -0.2) is 0 Å². The van der Waals surface area contributed by atoms with Gasteiger partial charge in [0, 0.05) is 29.4 Å². The van der Waals surface area contributed by atoms with Gasteiger partial charge in [-0.05, 0) is 79.9 Å². The van der Waals surface area contributed by atoms with Gasteiger partial charge in [-0.2, -0.15) is 0 Å². The number of ether oxygens (including phenoxy) is 2. The van der Waals surface area contributed by atoms with E-state index in [-0.39, 0.29) is 18.4 Å². The van der Waals surface area contributed by atoms with Crippen LogP contribution in [0.1, 0.15) is 39.5 Å². The van der Waals surface area contributed by atoms with Crippen LogP contribution in [0.25, 0.3) is 0 Å². The van der Waals surface area contributed by atoms with Crippen LogP contribution in [0.15, 0.2) is 54.6 Å². The molecule has 0 fully saturated rings. The Morgan fingerprint density at radius 2 is 1.59 bits per heavy atom. The van der Waals surface area contributed by atoms with Crippen LogP contribution in [0.2, 0.25) is 0 Å². The minimum atomic E-state index is -0.267. The first-order chi connectivity index (χ1) is 15.3. The lowest BCUT2D eigenvalue weighted by molar-refractivity contribution is -0.114. The number of methoxy groups -OCH3 is 1. The van der Waals surface area contributed by atoms with E-state index in [9.17, 15) is 9.59 Å². The number of carbonyl (C=O) groups excluding carboxylic acids is 2. The molecule has 6 nitrogen and oxygen atoms in total.